The molecule has 3 N–H and O–H groups in total. The molecule has 0 atom stereocenters. The highest BCUT2D eigenvalue weighted by Gasteiger charge is 2.27. The molecule has 0 saturated carbocycles. The summed E-state index contributed by atoms with van der Waals surface area (Å²) in [6, 6.07) is 12.9. The van der Waals surface area contributed by atoms with Gasteiger partial charge in [0.1, 0.15) is 11.4 Å². The van der Waals surface area contributed by atoms with Crippen LogP contribution < -0.4 is 20.8 Å². The molecule has 0 aromatic heterocycles. The quantitative estimate of drug-likeness (QED) is 0.393. The molecule has 9 nitrogen and oxygen atoms in total. The number of rotatable bonds is 10. The second kappa shape index (κ2) is 13.5. The van der Waals surface area contributed by atoms with E-state index in [0.29, 0.717) is 30.1 Å². The van der Waals surface area contributed by atoms with Crippen molar-refractivity contribution in [2.45, 2.75) is 65.8 Å². The summed E-state index contributed by atoms with van der Waals surface area (Å²) in [7, 11) is 1.61. The highest BCUT2D eigenvalue weighted by molar-refractivity contribution is 6.30. The molecule has 1 aliphatic heterocycles. The number of ether oxygens (including phenoxy) is 2. The monoisotopic (exact) mass is 556 g/mol. The lowest BCUT2D eigenvalue weighted by Gasteiger charge is -2.30. The van der Waals surface area contributed by atoms with Gasteiger partial charge < -0.3 is 20.1 Å². The third-order valence-electron chi connectivity index (χ3n) is 6.14. The molecule has 0 spiro atoms. The van der Waals surface area contributed by atoms with E-state index in [2.05, 4.69) is 16.1 Å². The van der Waals surface area contributed by atoms with Crippen LogP contribution in [0.1, 0.15) is 57.2 Å². The van der Waals surface area contributed by atoms with Gasteiger partial charge in [-0.1, -0.05) is 35.4 Å². The number of hydrogen-bond acceptors (Lipinski definition) is 6. The topological polar surface area (TPSA) is 109 Å². The molecule has 2 aromatic carbocycles. The minimum Gasteiger partial charge on any atom is -0.497 e. The Bertz CT molecular complexity index is 1240. The molecule has 0 fully saturated rings. The van der Waals surface area contributed by atoms with E-state index in [-0.39, 0.29) is 31.3 Å². The lowest BCUT2D eigenvalue weighted by atomic mass is 9.98. The van der Waals surface area contributed by atoms with E-state index in [0.717, 1.165) is 28.0 Å². The van der Waals surface area contributed by atoms with Crippen molar-refractivity contribution in [1.82, 2.24) is 21.1 Å². The maximum absolute atomic E-state index is 13.2. The first-order chi connectivity index (χ1) is 18.4. The second-order valence-corrected chi connectivity index (χ2v) is 10.8. The van der Waals surface area contributed by atoms with Gasteiger partial charge in [0.05, 0.1) is 13.5 Å². The number of carbonyl (C=O) groups is 3. The van der Waals surface area contributed by atoms with Crippen molar-refractivity contribution in [2.75, 3.05) is 13.7 Å². The van der Waals surface area contributed by atoms with Gasteiger partial charge in [0.15, 0.2) is 0 Å². The normalized spacial score (nSPS) is 13.8. The van der Waals surface area contributed by atoms with E-state index in [9.17, 15) is 14.4 Å². The number of methoxy groups -OCH3 is 1. The Labute approximate surface area is 234 Å². The first kappa shape index (κ1) is 30.0. The molecule has 0 aliphatic carbocycles. The predicted octanol–water partition coefficient (Wildman–Crippen LogP) is 4.63. The maximum Gasteiger partial charge on any atom is 0.407 e. The van der Waals surface area contributed by atoms with E-state index < -0.39 is 11.7 Å². The lowest BCUT2D eigenvalue weighted by molar-refractivity contribution is -0.132. The Morgan fingerprint density at radius 2 is 1.77 bits per heavy atom. The molecular formula is C29H37ClN4O5. The average Bonchev–Trinajstić information content (AvgIpc) is 2.88. The Morgan fingerprint density at radius 1 is 1.03 bits per heavy atom. The van der Waals surface area contributed by atoms with Crippen molar-refractivity contribution in [2.24, 2.45) is 0 Å². The molecule has 1 aliphatic rings. The van der Waals surface area contributed by atoms with Gasteiger partial charge in [0, 0.05) is 36.8 Å². The fraction of sp³-hybridized carbons (Fsp3) is 0.414. The summed E-state index contributed by atoms with van der Waals surface area (Å²) in [6.07, 6.45) is 0.109. The first-order valence-corrected chi connectivity index (χ1v) is 13.2. The molecule has 0 bridgehead atoms. The van der Waals surface area contributed by atoms with Crippen LogP contribution in [0.15, 0.2) is 53.6 Å². The molecule has 2 aromatic rings. The zero-order valence-corrected chi connectivity index (χ0v) is 23.9. The number of alkyl carbamates (subject to hydrolysis) is 1. The van der Waals surface area contributed by atoms with Gasteiger partial charge in [-0.2, -0.15) is 0 Å². The van der Waals surface area contributed by atoms with Gasteiger partial charge in [0.25, 0.3) is 5.91 Å². The highest BCUT2D eigenvalue weighted by atomic mass is 35.5. The van der Waals surface area contributed by atoms with Crippen LogP contribution >= 0.6 is 11.6 Å². The summed E-state index contributed by atoms with van der Waals surface area (Å²) in [5.41, 5.74) is 6.48. The Morgan fingerprint density at radius 3 is 2.49 bits per heavy atom. The summed E-state index contributed by atoms with van der Waals surface area (Å²) in [5, 5.41) is 7.69. The molecule has 3 amide bonds. The van der Waals surface area contributed by atoms with Crippen LogP contribution in [0, 0.1) is 0 Å². The SMILES string of the molecule is COc1cccc(CNN2CCC(C)=C(CC(=O)NCc3cc(Cl)ccc3CNC(=O)OC(C)(C)C)C2=O)c1. The number of nitrogens with one attached hydrogen (secondary N) is 3. The number of amides is 3. The smallest absolute Gasteiger partial charge is 0.407 e. The van der Waals surface area contributed by atoms with Crippen LogP contribution in [0.3, 0.4) is 0 Å². The van der Waals surface area contributed by atoms with Crippen LogP contribution in [-0.2, 0) is 34.0 Å². The van der Waals surface area contributed by atoms with Crippen molar-refractivity contribution in [3.05, 3.63) is 75.3 Å². The standard InChI is InChI=1S/C29H37ClN4O5/c1-19-11-12-34(33-16-20-7-6-8-24(13-20)38-5)27(36)25(19)15-26(35)31-18-22-14-23(30)10-9-21(22)17-32-28(37)39-29(2,3)4/h6-10,13-14,33H,11-12,15-18H2,1-5H3,(H,31,35)(H,32,37). The summed E-state index contributed by atoms with van der Waals surface area (Å²) < 4.78 is 10.6. The average molecular weight is 557 g/mol. The Hall–Kier alpha value is -3.56. The Balaban J connectivity index is 1.57. The zero-order valence-electron chi connectivity index (χ0n) is 23.2. The van der Waals surface area contributed by atoms with Gasteiger partial charge in [-0.05, 0) is 75.1 Å². The van der Waals surface area contributed by atoms with E-state index >= 15 is 0 Å². The number of halogens is 1. The van der Waals surface area contributed by atoms with E-state index in [1.165, 1.54) is 0 Å². The fourth-order valence-corrected chi connectivity index (χ4v) is 4.25. The van der Waals surface area contributed by atoms with E-state index in [1.807, 2.05) is 31.2 Å². The maximum atomic E-state index is 13.2. The highest BCUT2D eigenvalue weighted by Crippen LogP contribution is 2.22. The summed E-state index contributed by atoms with van der Waals surface area (Å²) >= 11 is 6.19. The van der Waals surface area contributed by atoms with Gasteiger partial charge in [-0.3, -0.25) is 14.6 Å². The third kappa shape index (κ3) is 9.30. The van der Waals surface area contributed by atoms with Crippen LogP contribution in [0.4, 0.5) is 4.79 Å². The van der Waals surface area contributed by atoms with Crippen molar-refractivity contribution < 1.29 is 23.9 Å². The number of nitrogens with zero attached hydrogens (tertiary/aromatic N) is 1. The van der Waals surface area contributed by atoms with E-state index in [4.69, 9.17) is 21.1 Å². The number of hydrogen-bond donors (Lipinski definition) is 3. The van der Waals surface area contributed by atoms with Crippen molar-refractivity contribution >= 4 is 29.5 Å². The lowest BCUT2D eigenvalue weighted by Crippen LogP contribution is -2.46. The van der Waals surface area contributed by atoms with Gasteiger partial charge in [-0.15, -0.1) is 0 Å². The van der Waals surface area contributed by atoms with Crippen LogP contribution in [0.5, 0.6) is 5.75 Å². The molecule has 39 heavy (non-hydrogen) atoms. The van der Waals surface area contributed by atoms with Crippen molar-refractivity contribution in [3.63, 3.8) is 0 Å². The van der Waals surface area contributed by atoms with Crippen molar-refractivity contribution in [1.29, 1.82) is 0 Å². The minimum absolute atomic E-state index is 0.0337. The van der Waals surface area contributed by atoms with Gasteiger partial charge >= 0.3 is 6.09 Å². The van der Waals surface area contributed by atoms with Crippen molar-refractivity contribution in [3.8, 4) is 5.75 Å². The summed E-state index contributed by atoms with van der Waals surface area (Å²) in [6.45, 7) is 8.65. The predicted molar refractivity (Wildman–Crippen MR) is 150 cm³/mol. The molecule has 0 saturated heterocycles. The summed E-state index contributed by atoms with van der Waals surface area (Å²) in [4.78, 5) is 38.1. The molecule has 1 heterocycles. The molecule has 10 heteroatoms. The molecule has 0 radical (unpaired) electrons. The number of benzene rings is 2. The van der Waals surface area contributed by atoms with E-state index in [1.54, 1.807) is 51.1 Å². The molecular weight excluding hydrogens is 520 g/mol. The summed E-state index contributed by atoms with van der Waals surface area (Å²) in [5.74, 6) is 0.260. The largest absolute Gasteiger partial charge is 0.497 e. The second-order valence-electron chi connectivity index (χ2n) is 10.4. The van der Waals surface area contributed by atoms with Crippen LogP contribution in [0.2, 0.25) is 5.02 Å². The van der Waals surface area contributed by atoms with Crippen LogP contribution in [-0.4, -0.2) is 42.2 Å². The van der Waals surface area contributed by atoms with Gasteiger partial charge in [-0.25, -0.2) is 10.2 Å². The zero-order chi connectivity index (χ0) is 28.6. The fourth-order valence-electron chi connectivity index (χ4n) is 4.05. The first-order valence-electron chi connectivity index (χ1n) is 12.8. The number of carbonyl (C=O) groups excluding carboxylic acids is 3. The number of hydrazine groups is 1. The molecule has 3 rings (SSSR count). The molecule has 0 unspecified atom stereocenters. The minimum atomic E-state index is -0.607. The van der Waals surface area contributed by atoms with Gasteiger partial charge in [0.2, 0.25) is 5.91 Å². The Kier molecular flexibility index (Phi) is 10.4. The molecule has 210 valence electrons. The van der Waals surface area contributed by atoms with Crippen LogP contribution in [0.25, 0.3) is 0 Å². The third-order valence-corrected chi connectivity index (χ3v) is 6.38.